The summed E-state index contributed by atoms with van der Waals surface area (Å²) in [5.74, 6) is 0.759. The summed E-state index contributed by atoms with van der Waals surface area (Å²) in [7, 11) is 0. The van der Waals surface area contributed by atoms with Gasteiger partial charge in [-0.3, -0.25) is 4.98 Å². The Morgan fingerprint density at radius 2 is 1.50 bits per heavy atom. The molecule has 0 atom stereocenters. The normalized spacial score (nSPS) is 13.3. The van der Waals surface area contributed by atoms with Crippen LogP contribution in [0.5, 0.6) is 0 Å². The number of aromatic nitrogens is 3. The third-order valence-corrected chi connectivity index (χ3v) is 7.63. The number of pyridine rings is 1. The molecular weight excluding hydrogens is 495 g/mol. The Balaban J connectivity index is 0.000000161. The van der Waals surface area contributed by atoms with Gasteiger partial charge in [-0.15, -0.1) is 0 Å². The van der Waals surface area contributed by atoms with Gasteiger partial charge in [0.15, 0.2) is 0 Å². The second-order valence-corrected chi connectivity index (χ2v) is 11.1. The van der Waals surface area contributed by atoms with Crippen molar-refractivity contribution in [3.63, 3.8) is 0 Å². The lowest BCUT2D eigenvalue weighted by Gasteiger charge is -2.11. The van der Waals surface area contributed by atoms with Crippen LogP contribution in [0.15, 0.2) is 60.9 Å². The van der Waals surface area contributed by atoms with E-state index in [-0.39, 0.29) is 5.82 Å². The van der Waals surface area contributed by atoms with Gasteiger partial charge in [-0.2, -0.15) is 15.5 Å². The average molecular weight is 529 g/mol. The van der Waals surface area contributed by atoms with Crippen molar-refractivity contribution in [3.8, 4) is 6.07 Å². The predicted molar refractivity (Wildman–Crippen MR) is 160 cm³/mol. The third-order valence-electron chi connectivity index (χ3n) is 7.63. The molecule has 4 aromatic rings. The van der Waals surface area contributed by atoms with Gasteiger partial charge in [0.2, 0.25) is 0 Å². The minimum Gasteiger partial charge on any atom is -0.256 e. The van der Waals surface area contributed by atoms with E-state index in [1.165, 1.54) is 28.3 Å². The zero-order valence-electron chi connectivity index (χ0n) is 23.7. The summed E-state index contributed by atoms with van der Waals surface area (Å²) in [4.78, 5) is 4.53. The van der Waals surface area contributed by atoms with E-state index in [0.29, 0.717) is 11.8 Å². The average Bonchev–Trinajstić information content (AvgIpc) is 3.59. The monoisotopic (exact) mass is 528 g/mol. The Hall–Kier alpha value is -4.43. The highest BCUT2D eigenvalue weighted by atomic mass is 19.1. The summed E-state index contributed by atoms with van der Waals surface area (Å²) in [5.41, 5.74) is 12.6. The van der Waals surface area contributed by atoms with Crippen LogP contribution in [0.3, 0.4) is 0 Å². The van der Waals surface area contributed by atoms with Crippen molar-refractivity contribution in [2.24, 2.45) is 0 Å². The van der Waals surface area contributed by atoms with E-state index in [4.69, 9.17) is 5.26 Å². The molecule has 40 heavy (non-hydrogen) atoms. The van der Waals surface area contributed by atoms with Gasteiger partial charge in [-0.05, 0) is 99.7 Å². The first kappa shape index (κ1) is 27.1. The summed E-state index contributed by atoms with van der Waals surface area (Å²) >= 11 is 0. The molecule has 0 unspecified atom stereocenters. The number of halogens is 1. The van der Waals surface area contributed by atoms with Gasteiger partial charge in [0.1, 0.15) is 5.82 Å². The van der Waals surface area contributed by atoms with E-state index in [1.807, 2.05) is 36.7 Å². The number of benzene rings is 2. The number of hydrogen-bond donors (Lipinski definition) is 0. The number of rotatable bonds is 4. The second kappa shape index (κ2) is 11.4. The fourth-order valence-electron chi connectivity index (χ4n) is 5.31. The van der Waals surface area contributed by atoms with Gasteiger partial charge in [-0.25, -0.2) is 4.39 Å². The molecule has 4 nitrogen and oxygen atoms in total. The third kappa shape index (κ3) is 5.49. The number of aryl methyl sites for hydroxylation is 1. The van der Waals surface area contributed by atoms with Crippen LogP contribution in [0.2, 0.25) is 0 Å². The van der Waals surface area contributed by atoms with E-state index in [1.54, 1.807) is 6.07 Å². The quantitative estimate of drug-likeness (QED) is 0.267. The lowest BCUT2D eigenvalue weighted by Crippen LogP contribution is -1.97. The Morgan fingerprint density at radius 3 is 2.17 bits per heavy atom. The number of nitrogens with zero attached hydrogens (tertiary/aromatic N) is 4. The minimum absolute atomic E-state index is 0.145. The molecule has 6 rings (SSSR count). The van der Waals surface area contributed by atoms with Gasteiger partial charge in [0.05, 0.1) is 29.2 Å². The van der Waals surface area contributed by atoms with Crippen molar-refractivity contribution in [3.05, 3.63) is 123 Å². The fourth-order valence-corrected chi connectivity index (χ4v) is 5.31. The van der Waals surface area contributed by atoms with Crippen molar-refractivity contribution >= 4 is 23.3 Å². The SMILES string of the molecule is CC(C)c1cnnc(C2=Cc3c(C#N)cccc3C2)c1.Cc1cnc(C2=Cc3c(F)cccc3C2)cc1C(C)C. The maximum absolute atomic E-state index is 13.8. The summed E-state index contributed by atoms with van der Waals surface area (Å²) < 4.78 is 13.8. The van der Waals surface area contributed by atoms with Gasteiger partial charge < -0.3 is 0 Å². The molecule has 0 N–H and O–H groups in total. The van der Waals surface area contributed by atoms with E-state index in [0.717, 1.165) is 57.6 Å². The van der Waals surface area contributed by atoms with Crippen LogP contribution in [0.25, 0.3) is 23.3 Å². The maximum Gasteiger partial charge on any atom is 0.130 e. The first-order valence-corrected chi connectivity index (χ1v) is 13.8. The first-order valence-electron chi connectivity index (χ1n) is 13.8. The summed E-state index contributed by atoms with van der Waals surface area (Å²) in [6.45, 7) is 10.7. The molecule has 0 bridgehead atoms. The van der Waals surface area contributed by atoms with Crippen molar-refractivity contribution in [2.45, 2.75) is 59.3 Å². The molecule has 2 aliphatic carbocycles. The molecule has 2 heterocycles. The highest BCUT2D eigenvalue weighted by Crippen LogP contribution is 2.34. The molecule has 0 aliphatic heterocycles. The standard InChI is InChI=1S/C18H18FN.C17H15N3/c1-11(2)15-9-18(20-10-12(15)3)14-7-13-5-4-6-17(19)16(13)8-14;1-11(2)15-8-17(20-19-10-15)14-6-12-4-3-5-13(9-18)16(12)7-14/h4-6,8-11H,7H2,1-3H3;3-5,7-8,10-11H,6H2,1-2H3. The molecule has 2 aliphatic rings. The zero-order chi connectivity index (χ0) is 28.4. The van der Waals surface area contributed by atoms with Crippen molar-refractivity contribution in [1.29, 1.82) is 5.26 Å². The van der Waals surface area contributed by atoms with Crippen molar-refractivity contribution < 1.29 is 4.39 Å². The van der Waals surface area contributed by atoms with E-state index < -0.39 is 0 Å². The highest BCUT2D eigenvalue weighted by molar-refractivity contribution is 5.89. The number of allylic oxidation sites excluding steroid dienone is 2. The molecule has 0 amide bonds. The Bertz CT molecular complexity index is 1690. The molecule has 2 aromatic carbocycles. The Morgan fingerprint density at radius 1 is 0.825 bits per heavy atom. The van der Waals surface area contributed by atoms with Gasteiger partial charge in [0, 0.05) is 24.6 Å². The minimum atomic E-state index is -0.145. The van der Waals surface area contributed by atoms with Crippen LogP contribution in [0.1, 0.15) is 95.4 Å². The van der Waals surface area contributed by atoms with Crippen LogP contribution in [0, 0.1) is 24.1 Å². The highest BCUT2D eigenvalue weighted by Gasteiger charge is 2.20. The van der Waals surface area contributed by atoms with E-state index >= 15 is 0 Å². The largest absolute Gasteiger partial charge is 0.256 e. The van der Waals surface area contributed by atoms with Crippen LogP contribution >= 0.6 is 0 Å². The van der Waals surface area contributed by atoms with Crippen LogP contribution in [-0.2, 0) is 12.8 Å². The van der Waals surface area contributed by atoms with Gasteiger partial charge in [-0.1, -0.05) is 52.0 Å². The van der Waals surface area contributed by atoms with Crippen LogP contribution < -0.4 is 0 Å². The maximum atomic E-state index is 13.8. The summed E-state index contributed by atoms with van der Waals surface area (Å²) in [5, 5.41) is 17.5. The lowest BCUT2D eigenvalue weighted by molar-refractivity contribution is 0.624. The smallest absolute Gasteiger partial charge is 0.130 e. The first-order chi connectivity index (χ1) is 19.2. The molecule has 200 valence electrons. The summed E-state index contributed by atoms with van der Waals surface area (Å²) in [6.07, 6.45) is 9.33. The van der Waals surface area contributed by atoms with Gasteiger partial charge in [0.25, 0.3) is 0 Å². The van der Waals surface area contributed by atoms with Gasteiger partial charge >= 0.3 is 0 Å². The molecule has 2 aromatic heterocycles. The molecule has 5 heteroatoms. The van der Waals surface area contributed by atoms with Crippen LogP contribution in [0.4, 0.5) is 4.39 Å². The summed E-state index contributed by atoms with van der Waals surface area (Å²) in [6, 6.07) is 17.6. The number of nitriles is 1. The number of hydrogen-bond acceptors (Lipinski definition) is 4. The molecular formula is C35H33FN4. The molecule has 0 fully saturated rings. The van der Waals surface area contributed by atoms with Crippen LogP contribution in [-0.4, -0.2) is 15.2 Å². The molecule has 0 saturated carbocycles. The molecule has 0 radical (unpaired) electrons. The van der Waals surface area contributed by atoms with E-state index in [2.05, 4.69) is 80.1 Å². The topological polar surface area (TPSA) is 62.5 Å². The van der Waals surface area contributed by atoms with E-state index in [9.17, 15) is 4.39 Å². The zero-order valence-corrected chi connectivity index (χ0v) is 23.7. The second-order valence-electron chi connectivity index (χ2n) is 11.1. The lowest BCUT2D eigenvalue weighted by atomic mass is 9.97. The van der Waals surface area contributed by atoms with Crippen molar-refractivity contribution in [1.82, 2.24) is 15.2 Å². The predicted octanol–water partition coefficient (Wildman–Crippen LogP) is 8.32. The van der Waals surface area contributed by atoms with Crippen molar-refractivity contribution in [2.75, 3.05) is 0 Å². The Labute approximate surface area is 236 Å². The fraction of sp³-hybridized carbons (Fsp3) is 0.257. The Kier molecular flexibility index (Phi) is 7.71. The molecule has 0 spiro atoms. The molecule has 0 saturated heterocycles. The number of fused-ring (bicyclic) bond motifs is 2.